The molecular weight excluding hydrogens is 508 g/mol. The molecule has 1 saturated carbocycles. The average molecular weight is 557 g/mol. The van der Waals surface area contributed by atoms with Crippen molar-refractivity contribution in [3.63, 3.8) is 0 Å². The highest BCUT2D eigenvalue weighted by atomic mass is 16.5. The van der Waals surface area contributed by atoms with Crippen LogP contribution in [0.4, 0.5) is 0 Å². The van der Waals surface area contributed by atoms with E-state index < -0.39 is 12.0 Å². The molecule has 2 aliphatic heterocycles. The molecule has 1 aromatic carbocycles. The number of ether oxygens (including phenoxy) is 2. The fourth-order valence-corrected chi connectivity index (χ4v) is 6.01. The number of fused-ring (bicyclic) bond motifs is 2. The molecule has 9 nitrogen and oxygen atoms in total. The summed E-state index contributed by atoms with van der Waals surface area (Å²) in [6.45, 7) is 4.28. The van der Waals surface area contributed by atoms with Crippen molar-refractivity contribution in [2.75, 3.05) is 53.6 Å². The molecule has 2 N–H and O–H groups in total. The first kappa shape index (κ1) is 30.5. The quantitative estimate of drug-likeness (QED) is 0.556. The van der Waals surface area contributed by atoms with Crippen LogP contribution in [0.5, 0.6) is 5.75 Å². The number of amides is 2. The van der Waals surface area contributed by atoms with E-state index in [1.165, 1.54) is 0 Å². The number of hydrogen-bond acceptors (Lipinski definition) is 7. The molecule has 0 aromatic heterocycles. The maximum atomic E-state index is 13.8. The minimum Gasteiger partial charge on any atom is -0.494 e. The van der Waals surface area contributed by atoms with E-state index in [1.807, 2.05) is 43.3 Å². The zero-order valence-corrected chi connectivity index (χ0v) is 24.4. The molecule has 9 heteroatoms. The number of carbonyl (C=O) groups excluding carboxylic acids is 3. The Morgan fingerprint density at radius 2 is 1.77 bits per heavy atom. The Bertz CT molecular complexity index is 974. The summed E-state index contributed by atoms with van der Waals surface area (Å²) in [5.74, 6) is 0.0249. The highest BCUT2D eigenvalue weighted by Gasteiger charge is 2.32. The fraction of sp³-hybridized carbons (Fsp3) is 0.710. The van der Waals surface area contributed by atoms with Gasteiger partial charge in [-0.05, 0) is 83.3 Å². The molecule has 2 heterocycles. The van der Waals surface area contributed by atoms with E-state index in [-0.39, 0.29) is 36.1 Å². The highest BCUT2D eigenvalue weighted by molar-refractivity contribution is 5.92. The summed E-state index contributed by atoms with van der Waals surface area (Å²) in [6, 6.07) is 7.15. The van der Waals surface area contributed by atoms with Crippen LogP contribution in [0.25, 0.3) is 0 Å². The lowest BCUT2D eigenvalue weighted by molar-refractivity contribution is -0.134. The number of rotatable bonds is 6. The molecule has 40 heavy (non-hydrogen) atoms. The summed E-state index contributed by atoms with van der Waals surface area (Å²) in [7, 11) is 3.82. The summed E-state index contributed by atoms with van der Waals surface area (Å²) in [5, 5.41) is 6.25. The van der Waals surface area contributed by atoms with E-state index in [0.717, 1.165) is 69.5 Å². The molecule has 0 radical (unpaired) electrons. The van der Waals surface area contributed by atoms with Gasteiger partial charge in [-0.25, -0.2) is 0 Å². The number of morpholine rings is 1. The van der Waals surface area contributed by atoms with Crippen LogP contribution in [0.1, 0.15) is 63.4 Å². The normalized spacial score (nSPS) is 26.3. The molecule has 1 aromatic rings. The summed E-state index contributed by atoms with van der Waals surface area (Å²) in [6.07, 6.45) is 7.56. The molecule has 0 spiro atoms. The average Bonchev–Trinajstić information content (AvgIpc) is 3.46. The largest absolute Gasteiger partial charge is 0.494 e. The van der Waals surface area contributed by atoms with E-state index in [1.54, 1.807) is 0 Å². The van der Waals surface area contributed by atoms with Crippen LogP contribution in [0.2, 0.25) is 0 Å². The van der Waals surface area contributed by atoms with Gasteiger partial charge < -0.3 is 20.1 Å². The first-order valence-electron chi connectivity index (χ1n) is 15.2. The van der Waals surface area contributed by atoms with Gasteiger partial charge in [0.25, 0.3) is 0 Å². The molecule has 2 fully saturated rings. The van der Waals surface area contributed by atoms with Crippen LogP contribution in [0.3, 0.4) is 0 Å². The lowest BCUT2D eigenvalue weighted by Crippen LogP contribution is -2.51. The zero-order valence-electron chi connectivity index (χ0n) is 24.4. The van der Waals surface area contributed by atoms with Crippen molar-refractivity contribution in [2.45, 2.75) is 82.3 Å². The zero-order chi connectivity index (χ0) is 28.3. The van der Waals surface area contributed by atoms with Crippen LogP contribution >= 0.6 is 0 Å². The molecule has 3 atom stereocenters. The van der Waals surface area contributed by atoms with E-state index in [2.05, 4.69) is 15.5 Å². The number of nitrogens with one attached hydrogen (secondary N) is 2. The lowest BCUT2D eigenvalue weighted by atomic mass is 9.91. The smallest absolute Gasteiger partial charge is 0.242 e. The molecule has 0 unspecified atom stereocenters. The number of hydrogen-bond donors (Lipinski definition) is 2. The Kier molecular flexibility index (Phi) is 11.8. The van der Waals surface area contributed by atoms with Crippen molar-refractivity contribution in [2.24, 2.45) is 5.92 Å². The van der Waals surface area contributed by atoms with Crippen molar-refractivity contribution in [1.29, 1.82) is 0 Å². The monoisotopic (exact) mass is 556 g/mol. The van der Waals surface area contributed by atoms with Gasteiger partial charge in [-0.3, -0.25) is 24.2 Å². The number of benzene rings is 1. The maximum absolute atomic E-state index is 13.8. The Labute approximate surface area is 239 Å². The van der Waals surface area contributed by atoms with Crippen LogP contribution in [-0.4, -0.2) is 99.1 Å². The van der Waals surface area contributed by atoms with Gasteiger partial charge in [0, 0.05) is 31.5 Å². The second kappa shape index (κ2) is 15.5. The molecule has 1 aliphatic carbocycles. The van der Waals surface area contributed by atoms with Gasteiger partial charge in [0.05, 0.1) is 25.9 Å². The minimum absolute atomic E-state index is 0.0394. The number of carbonyl (C=O) groups is 3. The third-order valence-electron chi connectivity index (χ3n) is 8.53. The first-order chi connectivity index (χ1) is 19.4. The molecule has 2 amide bonds. The molecule has 3 aliphatic rings. The van der Waals surface area contributed by atoms with Gasteiger partial charge in [-0.2, -0.15) is 0 Å². The predicted octanol–water partition coefficient (Wildman–Crippen LogP) is 2.56. The Morgan fingerprint density at radius 3 is 2.52 bits per heavy atom. The number of nitrogens with zero attached hydrogens (tertiary/aromatic N) is 2. The van der Waals surface area contributed by atoms with Crippen molar-refractivity contribution in [3.8, 4) is 5.75 Å². The molecule has 2 bridgehead atoms. The Balaban J connectivity index is 1.54. The summed E-state index contributed by atoms with van der Waals surface area (Å²) in [5.41, 5.74) is 1.04. The Morgan fingerprint density at radius 1 is 1.02 bits per heavy atom. The molecule has 4 rings (SSSR count). The SMILES string of the molecule is CN(C)[C@H]1Cc2cccc(c2)OCCCC[C@@H](C(=O)NC2CCCC2)NC(=O)[C@H](CCN2CCOCC2)CC1=O. The van der Waals surface area contributed by atoms with Gasteiger partial charge in [-0.1, -0.05) is 25.0 Å². The van der Waals surface area contributed by atoms with Crippen molar-refractivity contribution >= 4 is 17.6 Å². The van der Waals surface area contributed by atoms with E-state index >= 15 is 0 Å². The minimum atomic E-state index is -0.616. The maximum Gasteiger partial charge on any atom is 0.242 e. The third kappa shape index (κ3) is 9.28. The Hall–Kier alpha value is -2.49. The number of ketones is 1. The van der Waals surface area contributed by atoms with E-state index in [9.17, 15) is 14.4 Å². The second-order valence-corrected chi connectivity index (χ2v) is 11.8. The first-order valence-corrected chi connectivity index (χ1v) is 15.2. The second-order valence-electron chi connectivity index (χ2n) is 11.8. The van der Waals surface area contributed by atoms with Crippen LogP contribution < -0.4 is 15.4 Å². The van der Waals surface area contributed by atoms with Crippen molar-refractivity contribution < 1.29 is 23.9 Å². The van der Waals surface area contributed by atoms with Gasteiger partial charge in [0.15, 0.2) is 5.78 Å². The number of Topliss-reactive ketones (excluding diaryl/α,β-unsaturated/α-hetero) is 1. The van der Waals surface area contributed by atoms with Crippen LogP contribution in [0, 0.1) is 5.92 Å². The number of likely N-dealkylation sites (N-methyl/N-ethyl adjacent to an activating group) is 1. The molecule has 1 saturated heterocycles. The standard InChI is InChI=1S/C31H48N4O5/c1-34(2)28-21-23-8-7-11-26(20-23)40-17-6-5-12-27(31(38)32-25-9-3-4-10-25)33-30(37)24(22-29(28)36)13-14-35-15-18-39-19-16-35/h7-8,11,20,24-25,27-28H,3-6,9-10,12-19,21-22H2,1-2H3,(H,32,38)(H,33,37)/t24-,27+,28+/m1/s1. The summed E-state index contributed by atoms with van der Waals surface area (Å²) < 4.78 is 11.5. The van der Waals surface area contributed by atoms with Gasteiger partial charge in [-0.15, -0.1) is 0 Å². The lowest BCUT2D eigenvalue weighted by Gasteiger charge is -2.30. The molecular formula is C31H48N4O5. The van der Waals surface area contributed by atoms with Gasteiger partial charge >= 0.3 is 0 Å². The van der Waals surface area contributed by atoms with E-state index in [0.29, 0.717) is 39.1 Å². The van der Waals surface area contributed by atoms with Crippen molar-refractivity contribution in [3.05, 3.63) is 29.8 Å². The van der Waals surface area contributed by atoms with Gasteiger partial charge in [0.2, 0.25) is 11.8 Å². The topological polar surface area (TPSA) is 100 Å². The third-order valence-corrected chi connectivity index (χ3v) is 8.53. The van der Waals surface area contributed by atoms with E-state index in [4.69, 9.17) is 9.47 Å². The van der Waals surface area contributed by atoms with Crippen LogP contribution in [0.15, 0.2) is 24.3 Å². The fourth-order valence-electron chi connectivity index (χ4n) is 6.01. The van der Waals surface area contributed by atoms with Crippen LogP contribution in [-0.2, 0) is 25.5 Å². The summed E-state index contributed by atoms with van der Waals surface area (Å²) in [4.78, 5) is 45.1. The van der Waals surface area contributed by atoms with Gasteiger partial charge in [0.1, 0.15) is 11.8 Å². The summed E-state index contributed by atoms with van der Waals surface area (Å²) >= 11 is 0. The predicted molar refractivity (Wildman–Crippen MR) is 154 cm³/mol. The highest BCUT2D eigenvalue weighted by Crippen LogP contribution is 2.22. The van der Waals surface area contributed by atoms with Crippen molar-refractivity contribution in [1.82, 2.24) is 20.4 Å². The molecule has 222 valence electrons.